The fourth-order valence-electron chi connectivity index (χ4n) is 2.32. The zero-order valence-corrected chi connectivity index (χ0v) is 11.5. The van der Waals surface area contributed by atoms with Gasteiger partial charge in [0.25, 0.3) is 5.91 Å². The number of nitrogens with zero attached hydrogens (tertiary/aromatic N) is 1. The van der Waals surface area contributed by atoms with Gasteiger partial charge in [-0.3, -0.25) is 4.79 Å². The molecule has 0 aliphatic carbocycles. The lowest BCUT2D eigenvalue weighted by Gasteiger charge is -2.06. The zero-order valence-electron chi connectivity index (χ0n) is 11.5. The Morgan fingerprint density at radius 1 is 1.09 bits per heavy atom. The summed E-state index contributed by atoms with van der Waals surface area (Å²) in [5.74, 6) is -0.415. The van der Waals surface area contributed by atoms with Gasteiger partial charge in [-0.15, -0.1) is 0 Å². The maximum absolute atomic E-state index is 12.7. The Morgan fingerprint density at radius 3 is 2.55 bits per heavy atom. The molecular formula is C16H11F3N2O. The highest BCUT2D eigenvalue weighted by Crippen LogP contribution is 2.33. The molecule has 1 aliphatic heterocycles. The molecule has 1 amide bonds. The molecule has 2 aromatic rings. The van der Waals surface area contributed by atoms with E-state index in [2.05, 4.69) is 10.3 Å². The average molecular weight is 304 g/mol. The van der Waals surface area contributed by atoms with Crippen LogP contribution in [0.25, 0.3) is 0 Å². The fourth-order valence-corrected chi connectivity index (χ4v) is 2.32. The second-order valence-electron chi connectivity index (χ2n) is 4.96. The lowest BCUT2D eigenvalue weighted by Crippen LogP contribution is -2.14. The van der Waals surface area contributed by atoms with Gasteiger partial charge in [0, 0.05) is 5.56 Å². The summed E-state index contributed by atoms with van der Waals surface area (Å²) >= 11 is 0. The molecule has 0 aromatic heterocycles. The highest BCUT2D eigenvalue weighted by molar-refractivity contribution is 6.54. The molecule has 1 heterocycles. The van der Waals surface area contributed by atoms with Crippen LogP contribution in [0.1, 0.15) is 16.7 Å². The van der Waals surface area contributed by atoms with Crippen molar-refractivity contribution in [2.75, 3.05) is 5.32 Å². The van der Waals surface area contributed by atoms with Crippen molar-refractivity contribution in [2.24, 2.45) is 4.99 Å². The number of carbonyl (C=O) groups excluding carboxylic acids is 1. The van der Waals surface area contributed by atoms with E-state index in [9.17, 15) is 18.0 Å². The quantitative estimate of drug-likeness (QED) is 0.847. The van der Waals surface area contributed by atoms with Crippen molar-refractivity contribution in [3.05, 3.63) is 59.2 Å². The number of hydrogen-bond acceptors (Lipinski definition) is 2. The van der Waals surface area contributed by atoms with Crippen molar-refractivity contribution in [3.8, 4) is 0 Å². The summed E-state index contributed by atoms with van der Waals surface area (Å²) in [6.07, 6.45) is -4.44. The summed E-state index contributed by atoms with van der Waals surface area (Å²) in [5, 5.41) is 2.69. The summed E-state index contributed by atoms with van der Waals surface area (Å²) < 4.78 is 38.2. The van der Waals surface area contributed by atoms with Gasteiger partial charge < -0.3 is 5.32 Å². The highest BCUT2D eigenvalue weighted by Gasteiger charge is 2.31. The van der Waals surface area contributed by atoms with Crippen LogP contribution < -0.4 is 5.32 Å². The molecule has 0 spiro atoms. The first-order valence-corrected chi connectivity index (χ1v) is 6.53. The summed E-state index contributed by atoms with van der Waals surface area (Å²) in [4.78, 5) is 16.1. The van der Waals surface area contributed by atoms with Gasteiger partial charge in [0.05, 0.1) is 16.9 Å². The minimum absolute atomic E-state index is 0.0920. The van der Waals surface area contributed by atoms with Crippen molar-refractivity contribution in [2.45, 2.75) is 13.1 Å². The highest BCUT2D eigenvalue weighted by atomic mass is 19.4. The molecule has 3 nitrogen and oxygen atoms in total. The van der Waals surface area contributed by atoms with Gasteiger partial charge in [0.2, 0.25) is 0 Å². The number of aryl methyl sites for hydroxylation is 1. The Kier molecular flexibility index (Phi) is 3.24. The molecule has 0 radical (unpaired) electrons. The van der Waals surface area contributed by atoms with Gasteiger partial charge in [-0.2, -0.15) is 13.2 Å². The summed E-state index contributed by atoms with van der Waals surface area (Å²) in [7, 11) is 0. The van der Waals surface area contributed by atoms with E-state index < -0.39 is 17.6 Å². The van der Waals surface area contributed by atoms with Crippen LogP contribution in [0.3, 0.4) is 0 Å². The second-order valence-corrected chi connectivity index (χ2v) is 4.96. The maximum Gasteiger partial charge on any atom is 0.416 e. The first-order valence-electron chi connectivity index (χ1n) is 6.53. The van der Waals surface area contributed by atoms with E-state index in [-0.39, 0.29) is 11.4 Å². The third-order valence-corrected chi connectivity index (χ3v) is 3.40. The van der Waals surface area contributed by atoms with Crippen LogP contribution in [-0.4, -0.2) is 11.6 Å². The van der Waals surface area contributed by atoms with E-state index in [1.165, 1.54) is 12.1 Å². The third kappa shape index (κ3) is 2.47. The summed E-state index contributed by atoms with van der Waals surface area (Å²) in [6, 6.07) is 9.93. The number of halogens is 3. The molecule has 2 aromatic carbocycles. The summed E-state index contributed by atoms with van der Waals surface area (Å²) in [5.41, 5.74) is 1.55. The molecule has 112 valence electrons. The van der Waals surface area contributed by atoms with Crippen molar-refractivity contribution >= 4 is 23.0 Å². The normalized spacial score (nSPS) is 15.8. The number of amides is 1. The van der Waals surface area contributed by atoms with Crippen LogP contribution >= 0.6 is 0 Å². The van der Waals surface area contributed by atoms with Gasteiger partial charge in [-0.25, -0.2) is 4.99 Å². The van der Waals surface area contributed by atoms with Crippen molar-refractivity contribution in [1.82, 2.24) is 0 Å². The molecule has 0 bridgehead atoms. The number of para-hydroxylation sites is 1. The number of rotatable bonds is 1. The Bertz CT molecular complexity index is 794. The molecule has 1 N–H and O–H groups in total. The Hall–Kier alpha value is -2.63. The number of hydrogen-bond donors (Lipinski definition) is 1. The van der Waals surface area contributed by atoms with Crippen molar-refractivity contribution in [1.29, 1.82) is 0 Å². The van der Waals surface area contributed by atoms with Crippen LogP contribution in [0.4, 0.5) is 24.5 Å². The van der Waals surface area contributed by atoms with Crippen LogP contribution in [0.5, 0.6) is 0 Å². The van der Waals surface area contributed by atoms with Crippen LogP contribution in [0, 0.1) is 6.92 Å². The standard InChI is InChI=1S/C16H11F3N2O/c1-9-4-2-7-12-13(9)21-15(22)14(12)20-11-6-3-5-10(8-11)16(17,18)19/h2-8H,1H3,(H,20,21,22). The summed E-state index contributed by atoms with van der Waals surface area (Å²) in [6.45, 7) is 1.84. The SMILES string of the molecule is Cc1cccc2c1NC(=O)C2=Nc1cccc(C(F)(F)F)c1. The monoisotopic (exact) mass is 304 g/mol. The number of benzene rings is 2. The molecule has 6 heteroatoms. The van der Waals surface area contributed by atoms with Gasteiger partial charge >= 0.3 is 6.18 Å². The Morgan fingerprint density at radius 2 is 1.82 bits per heavy atom. The molecule has 22 heavy (non-hydrogen) atoms. The first kappa shape index (κ1) is 14.3. The number of fused-ring (bicyclic) bond motifs is 1. The first-order chi connectivity index (χ1) is 10.4. The number of anilines is 1. The third-order valence-electron chi connectivity index (χ3n) is 3.40. The molecule has 0 saturated carbocycles. The predicted molar refractivity (Wildman–Crippen MR) is 77.4 cm³/mol. The molecule has 0 unspecified atom stereocenters. The van der Waals surface area contributed by atoms with Gasteiger partial charge in [0.15, 0.2) is 0 Å². The topological polar surface area (TPSA) is 41.5 Å². The number of alkyl halides is 3. The molecule has 0 atom stereocenters. The smallest absolute Gasteiger partial charge is 0.320 e. The van der Waals surface area contributed by atoms with Crippen LogP contribution in [0.15, 0.2) is 47.5 Å². The predicted octanol–water partition coefficient (Wildman–Crippen LogP) is 4.09. The molecule has 3 rings (SSSR count). The van der Waals surface area contributed by atoms with Crippen molar-refractivity contribution in [3.63, 3.8) is 0 Å². The van der Waals surface area contributed by atoms with E-state index in [1.54, 1.807) is 12.1 Å². The van der Waals surface area contributed by atoms with Gasteiger partial charge in [0.1, 0.15) is 5.71 Å². The lowest BCUT2D eigenvalue weighted by molar-refractivity contribution is -0.137. The largest absolute Gasteiger partial charge is 0.416 e. The maximum atomic E-state index is 12.7. The fraction of sp³-hybridized carbons (Fsp3) is 0.125. The molecular weight excluding hydrogens is 293 g/mol. The van der Waals surface area contributed by atoms with Gasteiger partial charge in [-0.05, 0) is 30.7 Å². The minimum atomic E-state index is -4.44. The van der Waals surface area contributed by atoms with Crippen LogP contribution in [-0.2, 0) is 11.0 Å². The van der Waals surface area contributed by atoms with E-state index in [0.29, 0.717) is 11.3 Å². The molecule has 0 saturated heterocycles. The van der Waals surface area contributed by atoms with Crippen molar-refractivity contribution < 1.29 is 18.0 Å². The Balaban J connectivity index is 2.08. The molecule has 0 fully saturated rings. The van der Waals surface area contributed by atoms with E-state index in [1.807, 2.05) is 13.0 Å². The second kappa shape index (κ2) is 4.98. The van der Waals surface area contributed by atoms with E-state index in [0.717, 1.165) is 17.7 Å². The Labute approximate surface area is 124 Å². The zero-order chi connectivity index (χ0) is 15.9. The van der Waals surface area contributed by atoms with E-state index in [4.69, 9.17) is 0 Å². The number of carbonyl (C=O) groups is 1. The molecule has 1 aliphatic rings. The van der Waals surface area contributed by atoms with Gasteiger partial charge in [-0.1, -0.05) is 24.3 Å². The lowest BCUT2D eigenvalue weighted by atomic mass is 10.1. The van der Waals surface area contributed by atoms with E-state index >= 15 is 0 Å². The average Bonchev–Trinajstić information content (AvgIpc) is 2.77. The number of nitrogens with one attached hydrogen (secondary N) is 1. The minimum Gasteiger partial charge on any atom is -0.320 e. The number of aliphatic imine (C=N–C) groups is 1. The van der Waals surface area contributed by atoms with Crippen LogP contribution in [0.2, 0.25) is 0 Å².